The van der Waals surface area contributed by atoms with E-state index in [0.29, 0.717) is 28.3 Å². The molecule has 0 saturated carbocycles. The van der Waals surface area contributed by atoms with Crippen LogP contribution < -0.4 is 20.7 Å². The molecule has 4 N–H and O–H groups in total. The van der Waals surface area contributed by atoms with E-state index >= 15 is 0 Å². The topological polar surface area (TPSA) is 120 Å². The van der Waals surface area contributed by atoms with Gasteiger partial charge >= 0.3 is 12.0 Å². The summed E-state index contributed by atoms with van der Waals surface area (Å²) in [6.45, 7) is 5.22. The van der Waals surface area contributed by atoms with Crippen molar-refractivity contribution in [2.45, 2.75) is 38.8 Å². The molecule has 0 saturated heterocycles. The van der Waals surface area contributed by atoms with Crippen molar-refractivity contribution in [3.63, 3.8) is 0 Å². The summed E-state index contributed by atoms with van der Waals surface area (Å²) in [5.41, 5.74) is 3.26. The van der Waals surface area contributed by atoms with Crippen molar-refractivity contribution in [3.05, 3.63) is 126 Å². The highest BCUT2D eigenvalue weighted by Crippen LogP contribution is 2.38. The van der Waals surface area contributed by atoms with Gasteiger partial charge < -0.3 is 30.7 Å². The van der Waals surface area contributed by atoms with Crippen molar-refractivity contribution in [1.82, 2.24) is 10.2 Å². The Hall–Kier alpha value is -5.31. The number of benzene rings is 3. The predicted octanol–water partition coefficient (Wildman–Crippen LogP) is 6.48. The van der Waals surface area contributed by atoms with Gasteiger partial charge in [0.15, 0.2) is 0 Å². The number of anilines is 2. The van der Waals surface area contributed by atoms with Crippen LogP contribution in [0.1, 0.15) is 43.0 Å². The number of carbonyl (C=O) groups is 3. The molecule has 9 heteroatoms. The third-order valence-corrected chi connectivity index (χ3v) is 7.27. The van der Waals surface area contributed by atoms with Crippen LogP contribution in [0.2, 0.25) is 0 Å². The number of nitrogens with one attached hydrogen (secondary N) is 3. The standard InChI is InChI=1S/C34H36N4O5/c1-23-12-8-9-16-28(23)35-33(42)36-29-18-17-26(20-31(29)43-4)34(3,37-24(2)39)27-15-10-11-19-38(22-27)30(21-32(40)41)25-13-6-5-7-14-25/h5-20,22,30H,21H2,1-4H3,(H,37,39)(H,40,41)(H2,35,36,42). The molecule has 0 bridgehead atoms. The summed E-state index contributed by atoms with van der Waals surface area (Å²) in [7, 11) is 1.51. The number of methoxy groups -OCH3 is 1. The molecule has 3 amide bonds. The van der Waals surface area contributed by atoms with Gasteiger partial charge in [-0.3, -0.25) is 9.59 Å². The Morgan fingerprint density at radius 1 is 0.953 bits per heavy atom. The number of carbonyl (C=O) groups excluding carboxylic acids is 2. The third kappa shape index (κ3) is 7.51. The number of hydrogen-bond acceptors (Lipinski definition) is 5. The van der Waals surface area contributed by atoms with Crippen LogP contribution in [0.3, 0.4) is 0 Å². The van der Waals surface area contributed by atoms with Crippen molar-refractivity contribution in [1.29, 1.82) is 0 Å². The second kappa shape index (κ2) is 13.6. The van der Waals surface area contributed by atoms with E-state index in [1.807, 2.05) is 110 Å². The quantitative estimate of drug-likeness (QED) is 0.218. The first-order valence-corrected chi connectivity index (χ1v) is 13.8. The van der Waals surface area contributed by atoms with Crippen molar-refractivity contribution >= 4 is 29.3 Å². The zero-order valence-electron chi connectivity index (χ0n) is 24.6. The first kappa shape index (κ1) is 30.6. The Bertz CT molecular complexity index is 1580. The largest absolute Gasteiger partial charge is 0.495 e. The fourth-order valence-corrected chi connectivity index (χ4v) is 5.04. The smallest absolute Gasteiger partial charge is 0.323 e. The molecule has 2 unspecified atom stereocenters. The van der Waals surface area contributed by atoms with Crippen LogP contribution in [-0.2, 0) is 15.1 Å². The van der Waals surface area contributed by atoms with Crippen LogP contribution in [-0.4, -0.2) is 35.0 Å². The van der Waals surface area contributed by atoms with E-state index in [0.717, 1.165) is 11.1 Å². The Morgan fingerprint density at radius 2 is 1.65 bits per heavy atom. The SMILES string of the molecule is COc1cc(C(C)(NC(C)=O)C2=CN(C(CC(=O)O)c3ccccc3)C=CC=C2)ccc1NC(=O)Nc1ccccc1C. The van der Waals surface area contributed by atoms with Gasteiger partial charge in [-0.25, -0.2) is 4.79 Å². The number of para-hydroxylation sites is 1. The normalized spacial score (nSPS) is 14.5. The molecule has 43 heavy (non-hydrogen) atoms. The maximum atomic E-state index is 12.8. The minimum absolute atomic E-state index is 0.131. The van der Waals surface area contributed by atoms with Gasteiger partial charge in [-0.05, 0) is 60.4 Å². The number of carboxylic acids is 1. The van der Waals surface area contributed by atoms with E-state index in [4.69, 9.17) is 4.74 Å². The predicted molar refractivity (Wildman–Crippen MR) is 168 cm³/mol. The zero-order valence-corrected chi connectivity index (χ0v) is 24.6. The number of aliphatic carboxylic acids is 1. The highest BCUT2D eigenvalue weighted by molar-refractivity contribution is 6.01. The Labute approximate surface area is 251 Å². The molecule has 1 aliphatic rings. The Balaban J connectivity index is 1.70. The number of rotatable bonds is 10. The van der Waals surface area contributed by atoms with Crippen LogP contribution in [0.5, 0.6) is 5.75 Å². The van der Waals surface area contributed by atoms with E-state index in [1.54, 1.807) is 12.1 Å². The van der Waals surface area contributed by atoms with Crippen molar-refractivity contribution < 1.29 is 24.2 Å². The lowest BCUT2D eigenvalue weighted by Gasteiger charge is -2.35. The van der Waals surface area contributed by atoms with Crippen molar-refractivity contribution in [3.8, 4) is 5.75 Å². The lowest BCUT2D eigenvalue weighted by molar-refractivity contribution is -0.138. The molecule has 0 spiro atoms. The van der Waals surface area contributed by atoms with Gasteiger partial charge in [0.2, 0.25) is 5.91 Å². The first-order chi connectivity index (χ1) is 20.6. The summed E-state index contributed by atoms with van der Waals surface area (Å²) >= 11 is 0. The molecule has 0 fully saturated rings. The van der Waals surface area contributed by atoms with Crippen LogP contribution in [0.4, 0.5) is 16.2 Å². The summed E-state index contributed by atoms with van der Waals surface area (Å²) in [6, 6.07) is 21.3. The van der Waals surface area contributed by atoms with Gasteiger partial charge in [0.25, 0.3) is 0 Å². The van der Waals surface area contributed by atoms with E-state index < -0.39 is 23.6 Å². The maximum Gasteiger partial charge on any atom is 0.323 e. The average Bonchev–Trinajstić information content (AvgIpc) is 3.24. The molecule has 222 valence electrons. The number of aryl methyl sites for hydroxylation is 1. The number of amides is 3. The van der Waals surface area contributed by atoms with Gasteiger partial charge in [-0.1, -0.05) is 66.7 Å². The second-order valence-corrected chi connectivity index (χ2v) is 10.4. The fraction of sp³-hybridized carbons (Fsp3) is 0.206. The molecule has 9 nitrogen and oxygen atoms in total. The molecular weight excluding hydrogens is 544 g/mol. The van der Waals surface area contributed by atoms with Crippen LogP contribution in [0, 0.1) is 6.92 Å². The van der Waals surface area contributed by atoms with Crippen LogP contribution in [0.25, 0.3) is 0 Å². The monoisotopic (exact) mass is 580 g/mol. The minimum Gasteiger partial charge on any atom is -0.495 e. The van der Waals surface area contributed by atoms with Gasteiger partial charge in [0.1, 0.15) is 5.75 Å². The highest BCUT2D eigenvalue weighted by Gasteiger charge is 2.34. The lowest BCUT2D eigenvalue weighted by Crippen LogP contribution is -2.44. The molecule has 0 aromatic heterocycles. The van der Waals surface area contributed by atoms with E-state index in [2.05, 4.69) is 16.0 Å². The van der Waals surface area contributed by atoms with Crippen molar-refractivity contribution in [2.24, 2.45) is 0 Å². The van der Waals surface area contributed by atoms with E-state index in [1.165, 1.54) is 14.0 Å². The Morgan fingerprint density at radius 3 is 2.33 bits per heavy atom. The summed E-state index contributed by atoms with van der Waals surface area (Å²) in [5, 5.41) is 18.5. The molecule has 3 aromatic carbocycles. The van der Waals surface area contributed by atoms with E-state index in [-0.39, 0.29) is 12.3 Å². The van der Waals surface area contributed by atoms with Crippen LogP contribution in [0.15, 0.2) is 109 Å². The third-order valence-electron chi connectivity index (χ3n) is 7.27. The number of ether oxygens (including phenoxy) is 1. The summed E-state index contributed by atoms with van der Waals surface area (Å²) < 4.78 is 5.65. The van der Waals surface area contributed by atoms with E-state index in [9.17, 15) is 19.5 Å². The zero-order chi connectivity index (χ0) is 31.0. The number of nitrogens with zero attached hydrogens (tertiary/aromatic N) is 1. The second-order valence-electron chi connectivity index (χ2n) is 10.4. The summed E-state index contributed by atoms with van der Waals surface area (Å²) in [5.74, 6) is -0.793. The first-order valence-electron chi connectivity index (χ1n) is 13.8. The van der Waals surface area contributed by atoms with Gasteiger partial charge in [0, 0.05) is 25.0 Å². The lowest BCUT2D eigenvalue weighted by atomic mass is 9.83. The molecule has 2 atom stereocenters. The molecule has 1 heterocycles. The molecule has 0 radical (unpaired) electrons. The molecule has 1 aliphatic heterocycles. The fourth-order valence-electron chi connectivity index (χ4n) is 5.04. The van der Waals surface area contributed by atoms with Gasteiger partial charge in [0.05, 0.1) is 30.8 Å². The van der Waals surface area contributed by atoms with Crippen LogP contribution >= 0.6 is 0 Å². The number of hydrogen-bond donors (Lipinski definition) is 4. The van der Waals surface area contributed by atoms with Gasteiger partial charge in [-0.15, -0.1) is 0 Å². The summed E-state index contributed by atoms with van der Waals surface area (Å²) in [4.78, 5) is 39.1. The Kier molecular flexibility index (Phi) is 9.67. The molecule has 3 aromatic rings. The number of urea groups is 1. The molecule has 4 rings (SSSR count). The van der Waals surface area contributed by atoms with Gasteiger partial charge in [-0.2, -0.15) is 0 Å². The average molecular weight is 581 g/mol. The maximum absolute atomic E-state index is 12.8. The number of carboxylic acid groups (broad SMARTS) is 1. The molecular formula is C34H36N4O5. The minimum atomic E-state index is -1.05. The highest BCUT2D eigenvalue weighted by atomic mass is 16.5. The van der Waals surface area contributed by atoms with Crippen molar-refractivity contribution in [2.75, 3.05) is 17.7 Å². The molecule has 0 aliphatic carbocycles. The summed E-state index contributed by atoms with van der Waals surface area (Å²) in [6.07, 6.45) is 9.09. The number of allylic oxidation sites excluding steroid dienone is 2.